The molecule has 25 heavy (non-hydrogen) atoms. The van der Waals surface area contributed by atoms with E-state index in [1.807, 2.05) is 24.3 Å². The molecule has 0 unspecified atom stereocenters. The van der Waals surface area contributed by atoms with Gasteiger partial charge in [0, 0.05) is 18.8 Å². The van der Waals surface area contributed by atoms with Crippen molar-refractivity contribution < 1.29 is 13.5 Å². The van der Waals surface area contributed by atoms with Crippen LogP contribution < -0.4 is 4.90 Å². The molecular formula is C18H23N3O3S. The average Bonchev–Trinajstić information content (AvgIpc) is 2.62. The lowest BCUT2D eigenvalue weighted by Crippen LogP contribution is -2.21. The normalized spacial score (nSPS) is 11.8. The van der Waals surface area contributed by atoms with Crippen LogP contribution in [0, 0.1) is 0 Å². The van der Waals surface area contributed by atoms with Gasteiger partial charge in [0.25, 0.3) is 0 Å². The Hall–Kier alpha value is -2.25. The highest BCUT2D eigenvalue weighted by Crippen LogP contribution is 2.23. The fraction of sp³-hybridized carbons (Fsp3) is 0.333. The molecule has 0 spiro atoms. The molecule has 2 aromatic carbocycles. The molecule has 0 amide bonds. The molecule has 134 valence electrons. The van der Waals surface area contributed by atoms with Crippen LogP contribution in [0.2, 0.25) is 0 Å². The first-order chi connectivity index (χ1) is 12.0. The van der Waals surface area contributed by atoms with Crippen molar-refractivity contribution in [2.75, 3.05) is 30.3 Å². The van der Waals surface area contributed by atoms with E-state index in [1.54, 1.807) is 12.1 Å². The lowest BCUT2D eigenvalue weighted by molar-refractivity contribution is 0.319. The summed E-state index contributed by atoms with van der Waals surface area (Å²) in [6.07, 6.45) is 0. The maximum atomic E-state index is 11.8. The predicted octanol–water partition coefficient (Wildman–Crippen LogP) is 3.71. The third-order valence-corrected chi connectivity index (χ3v) is 5.53. The molecule has 0 saturated carbocycles. The number of aliphatic hydroxyl groups excluding tert-OH is 1. The van der Waals surface area contributed by atoms with Crippen LogP contribution in [0.4, 0.5) is 17.1 Å². The second-order valence-electron chi connectivity index (χ2n) is 5.43. The largest absolute Gasteiger partial charge is 0.395 e. The molecule has 0 aliphatic heterocycles. The average molecular weight is 361 g/mol. The summed E-state index contributed by atoms with van der Waals surface area (Å²) < 4.78 is 23.7. The van der Waals surface area contributed by atoms with Gasteiger partial charge in [-0.1, -0.05) is 0 Å². The Labute approximate surface area is 148 Å². The molecule has 6 nitrogen and oxygen atoms in total. The van der Waals surface area contributed by atoms with Gasteiger partial charge in [-0.15, -0.1) is 0 Å². The highest BCUT2D eigenvalue weighted by Gasteiger charge is 2.12. The van der Waals surface area contributed by atoms with Gasteiger partial charge in [0.1, 0.15) is 0 Å². The Kier molecular flexibility index (Phi) is 6.66. The molecule has 2 aromatic rings. The first-order valence-corrected chi connectivity index (χ1v) is 9.85. The Bertz CT molecular complexity index is 796. The maximum absolute atomic E-state index is 11.8. The van der Waals surface area contributed by atoms with E-state index in [0.29, 0.717) is 5.69 Å². The molecule has 0 aliphatic rings. The van der Waals surface area contributed by atoms with Crippen LogP contribution in [0.15, 0.2) is 63.7 Å². The third kappa shape index (κ3) is 5.11. The van der Waals surface area contributed by atoms with Gasteiger partial charge in [-0.25, -0.2) is 8.42 Å². The van der Waals surface area contributed by atoms with Gasteiger partial charge in [0.05, 0.1) is 28.6 Å². The van der Waals surface area contributed by atoms with E-state index < -0.39 is 16.4 Å². The minimum atomic E-state index is -3.44. The summed E-state index contributed by atoms with van der Waals surface area (Å²) >= 11 is 0. The SMILES string of the molecule is CCN(CC)c1ccc(N=Nc2ccc(S(=O)(=O)CCO)cc2)cc1. The van der Waals surface area contributed by atoms with Crippen molar-refractivity contribution in [2.45, 2.75) is 18.7 Å². The summed E-state index contributed by atoms with van der Waals surface area (Å²) in [6, 6.07) is 14.0. The second-order valence-corrected chi connectivity index (χ2v) is 7.53. The molecule has 0 saturated heterocycles. The Morgan fingerprint density at radius 2 is 1.36 bits per heavy atom. The number of anilines is 1. The van der Waals surface area contributed by atoms with Crippen LogP contribution in [0.3, 0.4) is 0 Å². The monoisotopic (exact) mass is 361 g/mol. The first kappa shape index (κ1) is 19.1. The highest BCUT2D eigenvalue weighted by atomic mass is 32.2. The van der Waals surface area contributed by atoms with Crippen molar-refractivity contribution in [3.63, 3.8) is 0 Å². The van der Waals surface area contributed by atoms with E-state index in [4.69, 9.17) is 5.11 Å². The standard InChI is InChI=1S/C18H23N3O3S/c1-3-21(4-2)17-9-5-15(6-10-17)19-20-16-7-11-18(12-8-16)25(23,24)14-13-22/h5-12,22H,3-4,13-14H2,1-2H3. The van der Waals surface area contributed by atoms with Crippen molar-refractivity contribution in [1.29, 1.82) is 0 Å². The number of nitrogens with zero attached hydrogens (tertiary/aromatic N) is 3. The lowest BCUT2D eigenvalue weighted by Gasteiger charge is -2.20. The van der Waals surface area contributed by atoms with E-state index >= 15 is 0 Å². The fourth-order valence-electron chi connectivity index (χ4n) is 2.39. The minimum absolute atomic E-state index is 0.170. The van der Waals surface area contributed by atoms with Crippen LogP contribution in [0.5, 0.6) is 0 Å². The van der Waals surface area contributed by atoms with Crippen molar-refractivity contribution in [1.82, 2.24) is 0 Å². The quantitative estimate of drug-likeness (QED) is 0.727. The number of aliphatic hydroxyl groups is 1. The Morgan fingerprint density at radius 1 is 0.880 bits per heavy atom. The number of sulfone groups is 1. The van der Waals surface area contributed by atoms with Crippen LogP contribution >= 0.6 is 0 Å². The zero-order valence-corrected chi connectivity index (χ0v) is 15.3. The molecule has 0 aliphatic carbocycles. The highest BCUT2D eigenvalue weighted by molar-refractivity contribution is 7.91. The minimum Gasteiger partial charge on any atom is -0.395 e. The Balaban J connectivity index is 2.09. The molecule has 0 fully saturated rings. The molecule has 7 heteroatoms. The second kappa shape index (κ2) is 8.73. The molecule has 2 rings (SSSR count). The van der Waals surface area contributed by atoms with E-state index in [-0.39, 0.29) is 10.6 Å². The van der Waals surface area contributed by atoms with Gasteiger partial charge in [-0.05, 0) is 62.4 Å². The molecular weight excluding hydrogens is 338 g/mol. The van der Waals surface area contributed by atoms with Gasteiger partial charge in [0.2, 0.25) is 0 Å². The predicted molar refractivity (Wildman–Crippen MR) is 99.8 cm³/mol. The molecule has 0 atom stereocenters. The molecule has 0 radical (unpaired) electrons. The van der Waals surface area contributed by atoms with Crippen LogP contribution in [0.25, 0.3) is 0 Å². The maximum Gasteiger partial charge on any atom is 0.180 e. The van der Waals surface area contributed by atoms with Gasteiger partial charge in [0.15, 0.2) is 9.84 Å². The van der Waals surface area contributed by atoms with Crippen molar-refractivity contribution in [3.05, 3.63) is 48.5 Å². The number of hydrogen-bond acceptors (Lipinski definition) is 6. The van der Waals surface area contributed by atoms with Gasteiger partial charge in [-0.2, -0.15) is 10.2 Å². The van der Waals surface area contributed by atoms with Crippen LogP contribution in [-0.2, 0) is 9.84 Å². The van der Waals surface area contributed by atoms with Crippen LogP contribution in [0.1, 0.15) is 13.8 Å². The van der Waals surface area contributed by atoms with E-state index in [0.717, 1.165) is 24.5 Å². The number of hydrogen-bond donors (Lipinski definition) is 1. The summed E-state index contributed by atoms with van der Waals surface area (Å²) in [7, 11) is -3.44. The molecule has 0 heterocycles. The summed E-state index contributed by atoms with van der Waals surface area (Å²) in [4.78, 5) is 2.41. The van der Waals surface area contributed by atoms with Crippen LogP contribution in [-0.4, -0.2) is 39.0 Å². The van der Waals surface area contributed by atoms with Gasteiger partial charge >= 0.3 is 0 Å². The molecule has 0 aromatic heterocycles. The third-order valence-electron chi connectivity index (χ3n) is 3.82. The summed E-state index contributed by atoms with van der Waals surface area (Å²) in [5.41, 5.74) is 2.44. The van der Waals surface area contributed by atoms with Crippen molar-refractivity contribution in [2.24, 2.45) is 10.2 Å². The molecule has 0 bridgehead atoms. The first-order valence-electron chi connectivity index (χ1n) is 8.20. The van der Waals surface area contributed by atoms with Gasteiger partial charge < -0.3 is 10.0 Å². The smallest absolute Gasteiger partial charge is 0.180 e. The summed E-state index contributed by atoms with van der Waals surface area (Å²) in [6.45, 7) is 5.72. The topological polar surface area (TPSA) is 82.3 Å². The van der Waals surface area contributed by atoms with E-state index in [1.165, 1.54) is 12.1 Å². The van der Waals surface area contributed by atoms with E-state index in [9.17, 15) is 8.42 Å². The molecule has 1 N–H and O–H groups in total. The van der Waals surface area contributed by atoms with Gasteiger partial charge in [-0.3, -0.25) is 0 Å². The van der Waals surface area contributed by atoms with Crippen molar-refractivity contribution >= 4 is 26.9 Å². The zero-order valence-electron chi connectivity index (χ0n) is 14.5. The number of rotatable bonds is 8. The Morgan fingerprint density at radius 3 is 1.80 bits per heavy atom. The zero-order chi connectivity index (χ0) is 18.3. The summed E-state index contributed by atoms with van der Waals surface area (Å²) in [5, 5.41) is 17.1. The lowest BCUT2D eigenvalue weighted by atomic mass is 10.2. The number of benzene rings is 2. The fourth-order valence-corrected chi connectivity index (χ4v) is 3.42. The number of azo groups is 1. The van der Waals surface area contributed by atoms with E-state index in [2.05, 4.69) is 29.0 Å². The summed E-state index contributed by atoms with van der Waals surface area (Å²) in [5.74, 6) is -0.285. The van der Waals surface area contributed by atoms with Crippen molar-refractivity contribution in [3.8, 4) is 0 Å².